The van der Waals surface area contributed by atoms with Crippen LogP contribution < -0.4 is 0 Å². The molecule has 12 heteroatoms. The predicted molar refractivity (Wildman–Crippen MR) is 168 cm³/mol. The topological polar surface area (TPSA) is 0 Å². The minimum Gasteiger partial charge on any atom is -0.121 e. The van der Waals surface area contributed by atoms with E-state index >= 15 is 0 Å². The summed E-state index contributed by atoms with van der Waals surface area (Å²) in [7, 11) is 0. The molecule has 0 spiro atoms. The van der Waals surface area contributed by atoms with Crippen LogP contribution in [0.2, 0.25) is 0 Å². The van der Waals surface area contributed by atoms with E-state index in [0.717, 1.165) is 0 Å². The van der Waals surface area contributed by atoms with E-state index in [1.807, 2.05) is 118 Å². The summed E-state index contributed by atoms with van der Waals surface area (Å²) in [6.07, 6.45) is 6.86. The second-order valence-electron chi connectivity index (χ2n) is 5.80. The average molecular weight is 621 g/mol. The molecule has 0 saturated heterocycles. The van der Waals surface area contributed by atoms with E-state index in [1.165, 1.54) is 66.7 Å². The Bertz CT molecular complexity index is 800. The predicted octanol–water partition coefficient (Wildman–Crippen LogP) is 11.6. The van der Waals surface area contributed by atoms with Crippen molar-refractivity contribution in [2.24, 2.45) is 0 Å². The van der Waals surface area contributed by atoms with Crippen molar-refractivity contribution >= 4 is 141 Å². The van der Waals surface area contributed by atoms with Gasteiger partial charge in [0, 0.05) is 0 Å². The highest BCUT2D eigenvalue weighted by atomic mass is 32.3. The zero-order valence-electron chi connectivity index (χ0n) is 16.7. The second kappa shape index (κ2) is 12.7. The molecule has 0 unspecified atom stereocenters. The number of thioether (sulfide) groups is 12. The van der Waals surface area contributed by atoms with Crippen LogP contribution in [0.15, 0.2) is 42.4 Å². The number of hydrogen-bond acceptors (Lipinski definition) is 12. The summed E-state index contributed by atoms with van der Waals surface area (Å²) in [5, 5.41) is 0. The van der Waals surface area contributed by atoms with Crippen LogP contribution in [0.25, 0.3) is 0 Å². The van der Waals surface area contributed by atoms with E-state index in [1.54, 1.807) is 0 Å². The summed E-state index contributed by atoms with van der Waals surface area (Å²) >= 11 is 23.8. The Morgan fingerprint density at radius 2 is 0.767 bits per heavy atom. The lowest BCUT2D eigenvalue weighted by Gasteiger charge is -2.07. The molecule has 0 N–H and O–H groups in total. The molecule has 30 heavy (non-hydrogen) atoms. The number of rotatable bonds is 8. The fourth-order valence-electron chi connectivity index (χ4n) is 2.28. The summed E-state index contributed by atoms with van der Waals surface area (Å²) < 4.78 is 15.0. The molecule has 0 nitrogen and oxygen atoms in total. The standard InChI is InChI=1S/C18H20S12/c1-5-7-21-11-12(22-8-6-2)26-14(25-11)16-29-17-18(30-16)28-15(27-17)13-23-9(19-3)10(20-4)24-13/h5-8H2,1-4H3. The van der Waals surface area contributed by atoms with Crippen LogP contribution in [0.1, 0.15) is 26.7 Å². The highest BCUT2D eigenvalue weighted by Crippen LogP contribution is 2.73. The fourth-order valence-corrected chi connectivity index (χ4v) is 19.9. The first kappa shape index (κ1) is 26.0. The van der Waals surface area contributed by atoms with Crippen LogP contribution in [0.3, 0.4) is 0 Å². The van der Waals surface area contributed by atoms with Gasteiger partial charge < -0.3 is 0 Å². The summed E-state index contributed by atoms with van der Waals surface area (Å²) in [6, 6.07) is 0. The van der Waals surface area contributed by atoms with E-state index in [-0.39, 0.29) is 0 Å². The fraction of sp³-hybridized carbons (Fsp3) is 0.444. The van der Waals surface area contributed by atoms with Crippen molar-refractivity contribution in [2.75, 3.05) is 24.0 Å². The molecular formula is C18H20S12. The van der Waals surface area contributed by atoms with Gasteiger partial charge in [0.05, 0.1) is 42.4 Å². The molecular weight excluding hydrogens is 601 g/mol. The first-order chi connectivity index (χ1) is 14.7. The highest BCUT2D eigenvalue weighted by molar-refractivity contribution is 8.51. The van der Waals surface area contributed by atoms with Crippen LogP contribution >= 0.6 is 141 Å². The lowest BCUT2D eigenvalue weighted by molar-refractivity contribution is 1.11. The Morgan fingerprint density at radius 3 is 1.07 bits per heavy atom. The lowest BCUT2D eigenvalue weighted by atomic mass is 10.6. The summed E-state index contributed by atoms with van der Waals surface area (Å²) in [5.41, 5.74) is 0. The van der Waals surface area contributed by atoms with Crippen molar-refractivity contribution in [3.05, 3.63) is 42.4 Å². The molecule has 0 aromatic carbocycles. The molecule has 0 fully saturated rings. The zero-order valence-corrected chi connectivity index (χ0v) is 26.5. The van der Waals surface area contributed by atoms with Gasteiger partial charge in [0.25, 0.3) is 0 Å². The molecule has 0 aromatic heterocycles. The molecule has 4 heterocycles. The van der Waals surface area contributed by atoms with Gasteiger partial charge in [-0.3, -0.25) is 0 Å². The molecule has 164 valence electrons. The van der Waals surface area contributed by atoms with Gasteiger partial charge in [0.1, 0.15) is 0 Å². The van der Waals surface area contributed by atoms with Gasteiger partial charge >= 0.3 is 0 Å². The average Bonchev–Trinajstić information content (AvgIpc) is 3.51. The van der Waals surface area contributed by atoms with Gasteiger partial charge in [-0.25, -0.2) is 0 Å². The van der Waals surface area contributed by atoms with Gasteiger partial charge in [-0.2, -0.15) is 0 Å². The van der Waals surface area contributed by atoms with Crippen molar-refractivity contribution in [1.29, 1.82) is 0 Å². The van der Waals surface area contributed by atoms with Gasteiger partial charge in [-0.15, -0.1) is 47.0 Å². The monoisotopic (exact) mass is 620 g/mol. The quantitative estimate of drug-likeness (QED) is 0.253. The van der Waals surface area contributed by atoms with Crippen LogP contribution in [0, 0.1) is 0 Å². The molecule has 0 aliphatic carbocycles. The van der Waals surface area contributed by atoms with Crippen LogP contribution in [0.5, 0.6) is 0 Å². The zero-order chi connectivity index (χ0) is 21.1. The van der Waals surface area contributed by atoms with Gasteiger partial charge in [-0.05, 0) is 36.9 Å². The summed E-state index contributed by atoms with van der Waals surface area (Å²) in [6.45, 7) is 4.55. The molecule has 4 rings (SSSR count). The third-order valence-electron chi connectivity index (χ3n) is 3.56. The van der Waals surface area contributed by atoms with Crippen molar-refractivity contribution in [3.63, 3.8) is 0 Å². The first-order valence-corrected chi connectivity index (χ1v) is 20.1. The Labute approximate surface area is 231 Å². The SMILES string of the molecule is CCCSC1=C(SCCC)SC(=C2SC3=C(SC(=C4SC(SC)=C(SC)S4)S3)S2)S1. The van der Waals surface area contributed by atoms with E-state index in [2.05, 4.69) is 49.9 Å². The van der Waals surface area contributed by atoms with Crippen molar-refractivity contribution in [2.45, 2.75) is 26.7 Å². The molecule has 0 radical (unpaired) electrons. The van der Waals surface area contributed by atoms with Crippen molar-refractivity contribution < 1.29 is 0 Å². The normalized spacial score (nSPS) is 22.0. The molecule has 0 atom stereocenters. The maximum Gasteiger partial charge on any atom is 0.0718 e. The first-order valence-electron chi connectivity index (χ1n) is 9.14. The Kier molecular flexibility index (Phi) is 11.0. The van der Waals surface area contributed by atoms with Crippen LogP contribution in [0.4, 0.5) is 0 Å². The third kappa shape index (κ3) is 6.17. The molecule has 4 aliphatic heterocycles. The smallest absolute Gasteiger partial charge is 0.0718 e. The van der Waals surface area contributed by atoms with Gasteiger partial charge in [-0.1, -0.05) is 108 Å². The largest absolute Gasteiger partial charge is 0.121 e. The number of hydrogen-bond donors (Lipinski definition) is 0. The molecule has 0 bridgehead atoms. The maximum absolute atomic E-state index is 2.27. The Hall–Kier alpha value is 2.90. The Balaban J connectivity index is 1.40. The third-order valence-corrected chi connectivity index (χ3v) is 21.4. The molecule has 0 saturated carbocycles. The van der Waals surface area contributed by atoms with E-state index in [0.29, 0.717) is 0 Å². The molecule has 0 amide bonds. The minimum absolute atomic E-state index is 1.22. The highest BCUT2D eigenvalue weighted by Gasteiger charge is 2.37. The molecule has 0 aromatic rings. The Morgan fingerprint density at radius 1 is 0.467 bits per heavy atom. The van der Waals surface area contributed by atoms with Crippen molar-refractivity contribution in [1.82, 2.24) is 0 Å². The van der Waals surface area contributed by atoms with E-state index in [4.69, 9.17) is 0 Å². The van der Waals surface area contributed by atoms with Gasteiger partial charge in [0.2, 0.25) is 0 Å². The summed E-state index contributed by atoms with van der Waals surface area (Å²) in [5.74, 6) is 2.44. The molecule has 4 aliphatic rings. The van der Waals surface area contributed by atoms with Crippen LogP contribution in [-0.4, -0.2) is 24.0 Å². The minimum atomic E-state index is 1.22. The van der Waals surface area contributed by atoms with Crippen LogP contribution in [-0.2, 0) is 0 Å². The van der Waals surface area contributed by atoms with Gasteiger partial charge in [0.15, 0.2) is 0 Å². The second-order valence-corrected chi connectivity index (χ2v) is 20.4. The van der Waals surface area contributed by atoms with E-state index < -0.39 is 0 Å². The maximum atomic E-state index is 2.27. The lowest BCUT2D eigenvalue weighted by Crippen LogP contribution is -1.77. The van der Waals surface area contributed by atoms with E-state index in [9.17, 15) is 0 Å². The summed E-state index contributed by atoms with van der Waals surface area (Å²) in [4.78, 5) is 0. The van der Waals surface area contributed by atoms with Crippen molar-refractivity contribution in [3.8, 4) is 0 Å².